The molecule has 5 heteroatoms. The van der Waals surface area contributed by atoms with Crippen LogP contribution in [0.4, 0.5) is 0 Å². The summed E-state index contributed by atoms with van der Waals surface area (Å²) in [5.74, 6) is 2.68. The third-order valence-electron chi connectivity index (χ3n) is 3.14. The molecule has 2 N–H and O–H groups in total. The molecule has 1 amide bonds. The van der Waals surface area contributed by atoms with E-state index in [2.05, 4.69) is 10.6 Å². The lowest BCUT2D eigenvalue weighted by atomic mass is 10.1. The fourth-order valence-corrected chi connectivity index (χ4v) is 3.10. The smallest absolute Gasteiger partial charge is 0.238 e. The van der Waals surface area contributed by atoms with E-state index in [1.54, 1.807) is 18.9 Å². The number of carbonyl (C=O) groups excluding carboxylic acids is 1. The second kappa shape index (κ2) is 6.82. The van der Waals surface area contributed by atoms with Crippen LogP contribution in [0.25, 0.3) is 0 Å². The number of methoxy groups -OCH3 is 1. The van der Waals surface area contributed by atoms with Crippen molar-refractivity contribution in [2.45, 2.75) is 25.4 Å². The molecular weight excluding hydrogens is 260 g/mol. The van der Waals surface area contributed by atoms with Gasteiger partial charge in [-0.1, -0.05) is 18.2 Å². The Balaban J connectivity index is 1.89. The Hall–Kier alpha value is -1.20. The van der Waals surface area contributed by atoms with E-state index < -0.39 is 0 Å². The maximum atomic E-state index is 12.0. The van der Waals surface area contributed by atoms with Gasteiger partial charge in [-0.05, 0) is 25.0 Å². The molecule has 1 aliphatic rings. The summed E-state index contributed by atoms with van der Waals surface area (Å²) >= 11 is 1.76. The topological polar surface area (TPSA) is 50.4 Å². The summed E-state index contributed by atoms with van der Waals surface area (Å²) < 4.78 is 5.32. The molecule has 19 heavy (non-hydrogen) atoms. The first-order valence-electron chi connectivity index (χ1n) is 6.44. The van der Waals surface area contributed by atoms with Gasteiger partial charge in [0, 0.05) is 17.7 Å². The van der Waals surface area contributed by atoms with Crippen LogP contribution in [0.2, 0.25) is 0 Å². The summed E-state index contributed by atoms with van der Waals surface area (Å²) in [4.78, 5) is 12.0. The second-order valence-electron chi connectivity index (χ2n) is 4.70. The Morgan fingerprint density at radius 3 is 3.05 bits per heavy atom. The molecule has 4 nitrogen and oxygen atoms in total. The number of rotatable bonds is 5. The molecule has 2 rings (SSSR count). The van der Waals surface area contributed by atoms with Gasteiger partial charge in [0.15, 0.2) is 0 Å². The van der Waals surface area contributed by atoms with Crippen LogP contribution in [0.1, 0.15) is 12.5 Å². The zero-order valence-corrected chi connectivity index (χ0v) is 12.1. The number of benzene rings is 1. The van der Waals surface area contributed by atoms with Gasteiger partial charge in [-0.15, -0.1) is 11.8 Å². The van der Waals surface area contributed by atoms with Crippen LogP contribution in [0, 0.1) is 0 Å². The molecule has 1 saturated heterocycles. The molecule has 0 aliphatic carbocycles. The standard InChI is InChI=1S/C14H20N2O2S/c1-10(16-14(17)12-8-19-9-15-12)7-11-5-3-4-6-13(11)18-2/h3-6,10,12,15H,7-9H2,1-2H3,(H,16,17). The molecule has 2 unspecified atom stereocenters. The number of amides is 1. The van der Waals surface area contributed by atoms with E-state index in [4.69, 9.17) is 4.74 Å². The molecule has 1 fully saturated rings. The van der Waals surface area contributed by atoms with Crippen LogP contribution in [0.5, 0.6) is 5.75 Å². The number of nitrogens with one attached hydrogen (secondary N) is 2. The molecule has 1 heterocycles. The molecule has 104 valence electrons. The summed E-state index contributed by atoms with van der Waals surface area (Å²) in [5, 5.41) is 6.23. The minimum Gasteiger partial charge on any atom is -0.496 e. The number of para-hydroxylation sites is 1. The van der Waals surface area contributed by atoms with Crippen molar-refractivity contribution in [1.29, 1.82) is 0 Å². The van der Waals surface area contributed by atoms with Crippen LogP contribution < -0.4 is 15.4 Å². The van der Waals surface area contributed by atoms with Crippen molar-refractivity contribution in [3.63, 3.8) is 0 Å². The van der Waals surface area contributed by atoms with Crippen LogP contribution in [0.15, 0.2) is 24.3 Å². The number of thioether (sulfide) groups is 1. The first-order valence-corrected chi connectivity index (χ1v) is 7.59. The zero-order valence-electron chi connectivity index (χ0n) is 11.3. The summed E-state index contributed by atoms with van der Waals surface area (Å²) in [5.41, 5.74) is 1.12. The summed E-state index contributed by atoms with van der Waals surface area (Å²) in [6, 6.07) is 7.96. The number of carbonyl (C=O) groups is 1. The third kappa shape index (κ3) is 3.88. The highest BCUT2D eigenvalue weighted by molar-refractivity contribution is 7.99. The van der Waals surface area contributed by atoms with Gasteiger partial charge >= 0.3 is 0 Å². The number of hydrogen-bond donors (Lipinski definition) is 2. The van der Waals surface area contributed by atoms with Gasteiger partial charge in [-0.2, -0.15) is 0 Å². The monoisotopic (exact) mass is 280 g/mol. The highest BCUT2D eigenvalue weighted by Crippen LogP contribution is 2.19. The molecule has 1 aliphatic heterocycles. The Bertz CT molecular complexity index is 433. The van der Waals surface area contributed by atoms with Crippen molar-refractivity contribution in [2.75, 3.05) is 18.7 Å². The molecule has 0 bridgehead atoms. The van der Waals surface area contributed by atoms with E-state index in [9.17, 15) is 4.79 Å². The third-order valence-corrected chi connectivity index (χ3v) is 4.08. The van der Waals surface area contributed by atoms with Crippen molar-refractivity contribution in [3.8, 4) is 5.75 Å². The van der Waals surface area contributed by atoms with Crippen LogP contribution in [-0.4, -0.2) is 36.7 Å². The number of ether oxygens (including phenoxy) is 1. The molecule has 1 aromatic carbocycles. The maximum Gasteiger partial charge on any atom is 0.238 e. The van der Waals surface area contributed by atoms with Crippen LogP contribution in [0.3, 0.4) is 0 Å². The van der Waals surface area contributed by atoms with Gasteiger partial charge in [-0.3, -0.25) is 10.1 Å². The van der Waals surface area contributed by atoms with E-state index >= 15 is 0 Å². The molecule has 0 saturated carbocycles. The second-order valence-corrected chi connectivity index (χ2v) is 5.73. The molecule has 0 radical (unpaired) electrons. The quantitative estimate of drug-likeness (QED) is 0.856. The van der Waals surface area contributed by atoms with Crippen molar-refractivity contribution in [1.82, 2.24) is 10.6 Å². The minimum atomic E-state index is -0.0508. The van der Waals surface area contributed by atoms with Crippen LogP contribution >= 0.6 is 11.8 Å². The van der Waals surface area contributed by atoms with E-state index in [1.165, 1.54) is 0 Å². The molecule has 2 atom stereocenters. The van der Waals surface area contributed by atoms with E-state index in [0.717, 1.165) is 29.4 Å². The van der Waals surface area contributed by atoms with E-state index in [-0.39, 0.29) is 18.0 Å². The van der Waals surface area contributed by atoms with Crippen molar-refractivity contribution in [2.24, 2.45) is 0 Å². The maximum absolute atomic E-state index is 12.0. The lowest BCUT2D eigenvalue weighted by Crippen LogP contribution is -2.46. The van der Waals surface area contributed by atoms with Gasteiger partial charge in [0.05, 0.1) is 13.2 Å². The SMILES string of the molecule is COc1ccccc1CC(C)NC(=O)C1CSCN1. The lowest BCUT2D eigenvalue weighted by Gasteiger charge is -2.18. The predicted molar refractivity (Wildman–Crippen MR) is 78.6 cm³/mol. The van der Waals surface area contributed by atoms with Crippen molar-refractivity contribution in [3.05, 3.63) is 29.8 Å². The Morgan fingerprint density at radius 1 is 1.58 bits per heavy atom. The van der Waals surface area contributed by atoms with Gasteiger partial charge in [0.1, 0.15) is 5.75 Å². The first-order chi connectivity index (χ1) is 9.20. The van der Waals surface area contributed by atoms with Crippen molar-refractivity contribution >= 4 is 17.7 Å². The Kier molecular flexibility index (Phi) is 5.10. The average Bonchev–Trinajstić information content (AvgIpc) is 2.93. The molecule has 0 aromatic heterocycles. The highest BCUT2D eigenvalue weighted by atomic mass is 32.2. The number of hydrogen-bond acceptors (Lipinski definition) is 4. The summed E-state index contributed by atoms with van der Waals surface area (Å²) in [6.07, 6.45) is 0.773. The molecular formula is C14H20N2O2S. The first kappa shape index (κ1) is 14.2. The van der Waals surface area contributed by atoms with Crippen molar-refractivity contribution < 1.29 is 9.53 Å². The highest BCUT2D eigenvalue weighted by Gasteiger charge is 2.23. The Labute approximate surface area is 118 Å². The lowest BCUT2D eigenvalue weighted by molar-refractivity contribution is -0.123. The predicted octanol–water partition coefficient (Wildman–Crippen LogP) is 1.40. The van der Waals surface area contributed by atoms with Gasteiger partial charge in [-0.25, -0.2) is 0 Å². The minimum absolute atomic E-state index is 0.0508. The van der Waals surface area contributed by atoms with Gasteiger partial charge in [0.2, 0.25) is 5.91 Å². The van der Waals surface area contributed by atoms with Gasteiger partial charge < -0.3 is 10.1 Å². The zero-order chi connectivity index (χ0) is 13.7. The van der Waals surface area contributed by atoms with E-state index in [1.807, 2.05) is 31.2 Å². The Morgan fingerprint density at radius 2 is 2.37 bits per heavy atom. The molecule has 0 spiro atoms. The summed E-state index contributed by atoms with van der Waals surface area (Å²) in [7, 11) is 1.67. The average molecular weight is 280 g/mol. The van der Waals surface area contributed by atoms with Crippen LogP contribution in [-0.2, 0) is 11.2 Å². The van der Waals surface area contributed by atoms with E-state index in [0.29, 0.717) is 0 Å². The fraction of sp³-hybridized carbons (Fsp3) is 0.500. The normalized spacial score (nSPS) is 20.0. The largest absolute Gasteiger partial charge is 0.496 e. The summed E-state index contributed by atoms with van der Waals surface area (Å²) in [6.45, 7) is 2.02. The van der Waals surface area contributed by atoms with Gasteiger partial charge in [0.25, 0.3) is 0 Å². The fourth-order valence-electron chi connectivity index (χ4n) is 2.16. The molecule has 1 aromatic rings.